The zero-order valence-electron chi connectivity index (χ0n) is 31.9. The van der Waals surface area contributed by atoms with E-state index in [0.717, 1.165) is 60.8 Å². The summed E-state index contributed by atoms with van der Waals surface area (Å²) >= 11 is 0. The number of rotatable bonds is 16. The smallest absolute Gasteiger partial charge is 0.130 e. The molecule has 6 rings (SSSR count). The van der Waals surface area contributed by atoms with Crippen molar-refractivity contribution in [1.29, 1.82) is 0 Å². The van der Waals surface area contributed by atoms with Gasteiger partial charge in [-0.1, -0.05) is 102 Å². The molecular weight excluding hydrogens is 669 g/mol. The minimum atomic E-state index is -0.602. The minimum Gasteiger partial charge on any atom is -0.457 e. The van der Waals surface area contributed by atoms with Gasteiger partial charge in [0.1, 0.15) is 34.8 Å². The van der Waals surface area contributed by atoms with Crippen molar-refractivity contribution in [2.24, 2.45) is 11.8 Å². The summed E-state index contributed by atoms with van der Waals surface area (Å²) in [5.74, 6) is 1.30. The van der Waals surface area contributed by atoms with E-state index in [2.05, 4.69) is 38.1 Å². The second kappa shape index (κ2) is 19.1. The number of benzene rings is 4. The van der Waals surface area contributed by atoms with Gasteiger partial charge in [-0.05, 0) is 133 Å². The van der Waals surface area contributed by atoms with Crippen molar-refractivity contribution in [3.05, 3.63) is 129 Å². The van der Waals surface area contributed by atoms with Crippen LogP contribution in [0.3, 0.4) is 0 Å². The third-order valence-electron chi connectivity index (χ3n) is 12.2. The predicted molar refractivity (Wildman–Crippen MR) is 209 cm³/mol. The SMILES string of the molecule is CCCCCC1CCC(c2ccc(Oc3ccc(C4CCC(CCCCC)CC4)cc3Cc3ccc(F)cc3F)c(Cc3ccc(F)cc3F)c2)CC1. The zero-order chi connectivity index (χ0) is 37.2. The third-order valence-corrected chi connectivity index (χ3v) is 12.2. The molecule has 0 saturated heterocycles. The Morgan fingerprint density at radius 2 is 0.887 bits per heavy atom. The van der Waals surface area contributed by atoms with Crippen LogP contribution in [0.1, 0.15) is 162 Å². The lowest BCUT2D eigenvalue weighted by molar-refractivity contribution is 0.302. The fourth-order valence-corrected chi connectivity index (χ4v) is 8.98. The maximum Gasteiger partial charge on any atom is 0.130 e. The van der Waals surface area contributed by atoms with E-state index in [1.807, 2.05) is 12.1 Å². The Hall–Kier alpha value is -3.60. The van der Waals surface area contributed by atoms with Gasteiger partial charge < -0.3 is 4.74 Å². The minimum absolute atomic E-state index is 0.253. The van der Waals surface area contributed by atoms with Crippen LogP contribution in [0.25, 0.3) is 0 Å². The molecule has 2 fully saturated rings. The topological polar surface area (TPSA) is 9.23 Å². The summed E-state index contributed by atoms with van der Waals surface area (Å²) in [6.45, 7) is 4.50. The molecule has 0 aromatic heterocycles. The van der Waals surface area contributed by atoms with Gasteiger partial charge in [-0.2, -0.15) is 0 Å². The van der Waals surface area contributed by atoms with Crippen molar-refractivity contribution in [1.82, 2.24) is 0 Å². The molecule has 0 amide bonds. The van der Waals surface area contributed by atoms with Crippen molar-refractivity contribution in [2.45, 2.75) is 141 Å². The van der Waals surface area contributed by atoms with E-state index >= 15 is 8.78 Å². The molecule has 0 atom stereocenters. The van der Waals surface area contributed by atoms with Crippen molar-refractivity contribution in [2.75, 3.05) is 0 Å². The van der Waals surface area contributed by atoms with E-state index in [1.54, 1.807) is 0 Å². The molecule has 4 aromatic carbocycles. The van der Waals surface area contributed by atoms with Gasteiger partial charge >= 0.3 is 0 Å². The van der Waals surface area contributed by atoms with E-state index in [0.29, 0.717) is 34.5 Å². The van der Waals surface area contributed by atoms with E-state index < -0.39 is 23.3 Å². The Labute approximate surface area is 315 Å². The Morgan fingerprint density at radius 3 is 1.26 bits per heavy atom. The fraction of sp³-hybridized carbons (Fsp3) is 0.500. The molecule has 5 heteroatoms. The van der Waals surface area contributed by atoms with Crippen LogP contribution in [0.2, 0.25) is 0 Å². The largest absolute Gasteiger partial charge is 0.457 e. The number of hydrogen-bond acceptors (Lipinski definition) is 1. The molecule has 1 nitrogen and oxygen atoms in total. The van der Waals surface area contributed by atoms with Crippen molar-refractivity contribution in [3.8, 4) is 11.5 Å². The van der Waals surface area contributed by atoms with Gasteiger partial charge in [0.15, 0.2) is 0 Å². The van der Waals surface area contributed by atoms with Crippen LogP contribution in [0, 0.1) is 35.1 Å². The highest BCUT2D eigenvalue weighted by atomic mass is 19.1. The Balaban J connectivity index is 1.28. The number of ether oxygens (including phenoxy) is 1. The average Bonchev–Trinajstić information content (AvgIpc) is 3.16. The van der Waals surface area contributed by atoms with E-state index in [-0.39, 0.29) is 12.8 Å². The third kappa shape index (κ3) is 10.8. The summed E-state index contributed by atoms with van der Waals surface area (Å²) in [6, 6.07) is 20.1. The zero-order valence-corrected chi connectivity index (χ0v) is 31.9. The van der Waals surface area contributed by atoms with Crippen LogP contribution in [0.15, 0.2) is 72.8 Å². The maximum absolute atomic E-state index is 15.1. The summed E-state index contributed by atoms with van der Waals surface area (Å²) in [5.41, 5.74) is 4.95. The molecule has 53 heavy (non-hydrogen) atoms. The highest BCUT2D eigenvalue weighted by molar-refractivity contribution is 5.48. The summed E-state index contributed by atoms with van der Waals surface area (Å²) in [6.07, 6.45) is 20.3. The first-order valence-corrected chi connectivity index (χ1v) is 20.6. The summed E-state index contributed by atoms with van der Waals surface area (Å²) in [7, 11) is 0. The van der Waals surface area contributed by atoms with Crippen LogP contribution in [-0.2, 0) is 12.8 Å². The highest BCUT2D eigenvalue weighted by Gasteiger charge is 2.25. The fourth-order valence-electron chi connectivity index (χ4n) is 8.98. The van der Waals surface area contributed by atoms with Crippen LogP contribution in [0.4, 0.5) is 17.6 Å². The first-order valence-electron chi connectivity index (χ1n) is 20.6. The summed E-state index contributed by atoms with van der Waals surface area (Å²) in [4.78, 5) is 0. The van der Waals surface area contributed by atoms with Gasteiger partial charge in [0, 0.05) is 25.0 Å². The quantitative estimate of drug-likeness (QED) is 0.0825. The van der Waals surface area contributed by atoms with E-state index in [4.69, 9.17) is 4.74 Å². The van der Waals surface area contributed by atoms with Crippen molar-refractivity contribution in [3.63, 3.8) is 0 Å². The van der Waals surface area contributed by atoms with Gasteiger partial charge in [-0.15, -0.1) is 0 Å². The second-order valence-electron chi connectivity index (χ2n) is 16.1. The molecule has 0 spiro atoms. The highest BCUT2D eigenvalue weighted by Crippen LogP contribution is 2.42. The van der Waals surface area contributed by atoms with Gasteiger partial charge in [-0.25, -0.2) is 17.6 Å². The number of hydrogen-bond donors (Lipinski definition) is 0. The van der Waals surface area contributed by atoms with Gasteiger partial charge in [0.25, 0.3) is 0 Å². The summed E-state index contributed by atoms with van der Waals surface area (Å²) in [5, 5.41) is 0. The number of unbranched alkanes of at least 4 members (excludes halogenated alkanes) is 4. The van der Waals surface area contributed by atoms with Crippen LogP contribution >= 0.6 is 0 Å². The molecule has 2 saturated carbocycles. The molecule has 0 heterocycles. The van der Waals surface area contributed by atoms with Crippen LogP contribution in [-0.4, -0.2) is 0 Å². The number of halogens is 4. The molecule has 4 aromatic rings. The van der Waals surface area contributed by atoms with Crippen LogP contribution in [0.5, 0.6) is 11.5 Å². The lowest BCUT2D eigenvalue weighted by Crippen LogP contribution is -2.14. The standard InChI is InChI=1S/C48H58F4O/c1-3-5-7-9-33-11-15-35(16-12-33)37-21-25-47(41(27-37)29-39-19-23-43(49)31-45(39)51)53-48-26-22-38(36-17-13-34(14-18-36)10-8-6-4-2)28-42(48)30-40-20-24-44(50)32-46(40)52/h19-28,31-36H,3-18,29-30H2,1-2H3. The molecule has 0 N–H and O–H groups in total. The van der Waals surface area contributed by atoms with E-state index in [9.17, 15) is 8.78 Å². The van der Waals surface area contributed by atoms with Gasteiger partial charge in [0.2, 0.25) is 0 Å². The maximum atomic E-state index is 15.1. The molecule has 0 radical (unpaired) electrons. The molecule has 0 unspecified atom stereocenters. The molecule has 0 aliphatic heterocycles. The van der Waals surface area contributed by atoms with Gasteiger partial charge in [0.05, 0.1) is 0 Å². The normalized spacial score (nSPS) is 20.4. The molecule has 2 aliphatic rings. The second-order valence-corrected chi connectivity index (χ2v) is 16.1. The lowest BCUT2D eigenvalue weighted by atomic mass is 9.76. The Morgan fingerprint density at radius 1 is 0.472 bits per heavy atom. The lowest BCUT2D eigenvalue weighted by Gasteiger charge is -2.30. The Bertz CT molecular complexity index is 1640. The molecule has 2 aliphatic carbocycles. The first kappa shape index (κ1) is 39.1. The molecule has 0 bridgehead atoms. The molecular formula is C48H58F4O. The van der Waals surface area contributed by atoms with Gasteiger partial charge in [-0.3, -0.25) is 0 Å². The first-order chi connectivity index (χ1) is 25.8. The summed E-state index contributed by atoms with van der Waals surface area (Å²) < 4.78 is 64.7. The monoisotopic (exact) mass is 726 g/mol. The Kier molecular flexibility index (Phi) is 14.1. The van der Waals surface area contributed by atoms with E-state index in [1.165, 1.54) is 112 Å². The molecule has 284 valence electrons. The average molecular weight is 727 g/mol. The van der Waals surface area contributed by atoms with Crippen LogP contribution < -0.4 is 4.74 Å². The van der Waals surface area contributed by atoms with Crippen molar-refractivity contribution >= 4 is 0 Å². The van der Waals surface area contributed by atoms with Crippen molar-refractivity contribution < 1.29 is 22.3 Å². The predicted octanol–water partition coefficient (Wildman–Crippen LogP) is 14.9.